The molecule has 1 aromatic heterocycles. The van der Waals surface area contributed by atoms with Gasteiger partial charge < -0.3 is 29.4 Å². The smallest absolute Gasteiger partial charge is 0.331 e. The van der Waals surface area contributed by atoms with E-state index in [-0.39, 0.29) is 36.7 Å². The molecule has 1 saturated heterocycles. The fourth-order valence-electron chi connectivity index (χ4n) is 3.91. The fourth-order valence-corrected chi connectivity index (χ4v) is 3.91. The van der Waals surface area contributed by atoms with Crippen LogP contribution in [-0.2, 0) is 25.4 Å². The number of carbonyl (C=O) groups excluding carboxylic acids is 2. The summed E-state index contributed by atoms with van der Waals surface area (Å²) in [7, 11) is 1.37. The summed E-state index contributed by atoms with van der Waals surface area (Å²) < 4.78 is 22.9. The van der Waals surface area contributed by atoms with Gasteiger partial charge in [0.1, 0.15) is 6.10 Å². The minimum atomic E-state index is -1.08. The number of hydrogen-bond donors (Lipinski definition) is 2. The lowest BCUT2D eigenvalue weighted by atomic mass is 9.89. The van der Waals surface area contributed by atoms with Crippen molar-refractivity contribution < 1.29 is 33.6 Å². The van der Waals surface area contributed by atoms with Crippen LogP contribution in [-0.4, -0.2) is 67.1 Å². The summed E-state index contributed by atoms with van der Waals surface area (Å²) in [6.07, 6.45) is 1.17. The van der Waals surface area contributed by atoms with Gasteiger partial charge in [-0.15, -0.1) is 0 Å². The third-order valence-electron chi connectivity index (χ3n) is 5.82. The molecule has 0 bridgehead atoms. The number of pyridine rings is 1. The van der Waals surface area contributed by atoms with Gasteiger partial charge in [0.25, 0.3) is 5.91 Å². The maximum Gasteiger partial charge on any atom is 0.331 e. The molecular formula is C26H34N2O7. The molecule has 1 amide bonds. The second kappa shape index (κ2) is 12.5. The molecule has 9 heteroatoms. The van der Waals surface area contributed by atoms with Crippen molar-refractivity contribution in [1.29, 1.82) is 0 Å². The zero-order valence-corrected chi connectivity index (χ0v) is 20.6. The first-order valence-corrected chi connectivity index (χ1v) is 11.8. The van der Waals surface area contributed by atoms with Gasteiger partial charge in [0, 0.05) is 24.8 Å². The van der Waals surface area contributed by atoms with Crippen LogP contribution < -0.4 is 10.1 Å². The van der Waals surface area contributed by atoms with E-state index in [0.717, 1.165) is 5.56 Å². The van der Waals surface area contributed by atoms with Gasteiger partial charge in [-0.05, 0) is 24.8 Å². The van der Waals surface area contributed by atoms with E-state index in [1.54, 1.807) is 0 Å². The number of hydrogen-bond acceptors (Lipinski definition) is 8. The van der Waals surface area contributed by atoms with Crippen LogP contribution in [0.25, 0.3) is 0 Å². The Balaban J connectivity index is 1.78. The maximum absolute atomic E-state index is 13.0. The normalized spacial score (nSPS) is 23.1. The summed E-state index contributed by atoms with van der Waals surface area (Å²) in [5.74, 6) is -1.51. The molecule has 1 fully saturated rings. The van der Waals surface area contributed by atoms with Crippen molar-refractivity contribution in [2.75, 3.05) is 26.9 Å². The monoisotopic (exact) mass is 486 g/mol. The van der Waals surface area contributed by atoms with Crippen LogP contribution in [0.2, 0.25) is 0 Å². The van der Waals surface area contributed by atoms with Gasteiger partial charge in [-0.1, -0.05) is 44.2 Å². The molecule has 1 aliphatic heterocycles. The predicted octanol–water partition coefficient (Wildman–Crippen LogP) is 2.76. The highest BCUT2D eigenvalue weighted by Crippen LogP contribution is 2.28. The number of rotatable bonds is 8. The second-order valence-corrected chi connectivity index (χ2v) is 9.04. The lowest BCUT2D eigenvalue weighted by Gasteiger charge is -2.31. The van der Waals surface area contributed by atoms with Crippen molar-refractivity contribution in [3.8, 4) is 11.5 Å². The van der Waals surface area contributed by atoms with Crippen molar-refractivity contribution in [2.45, 2.75) is 45.4 Å². The second-order valence-electron chi connectivity index (χ2n) is 9.04. The minimum Gasteiger partial charge on any atom is -0.503 e. The first kappa shape index (κ1) is 26.4. The Bertz CT molecular complexity index is 983. The number of methoxy groups -OCH3 is 1. The van der Waals surface area contributed by atoms with Crippen molar-refractivity contribution in [3.63, 3.8) is 0 Å². The highest BCUT2D eigenvalue weighted by Gasteiger charge is 2.36. The first-order valence-electron chi connectivity index (χ1n) is 11.8. The molecule has 1 aliphatic rings. The number of nitrogens with one attached hydrogen (secondary N) is 1. The Morgan fingerprint density at radius 1 is 1.23 bits per heavy atom. The van der Waals surface area contributed by atoms with E-state index < -0.39 is 29.8 Å². The summed E-state index contributed by atoms with van der Waals surface area (Å²) in [5.41, 5.74) is 0.840. The lowest BCUT2D eigenvalue weighted by molar-refractivity contribution is -0.155. The van der Waals surface area contributed by atoms with E-state index in [1.165, 1.54) is 19.4 Å². The number of ether oxygens (including phenoxy) is 4. The Morgan fingerprint density at radius 2 is 1.97 bits per heavy atom. The molecule has 0 radical (unpaired) electrons. The topological polar surface area (TPSA) is 116 Å². The largest absolute Gasteiger partial charge is 0.503 e. The minimum absolute atomic E-state index is 0.0981. The Kier molecular flexibility index (Phi) is 9.45. The van der Waals surface area contributed by atoms with Crippen LogP contribution >= 0.6 is 0 Å². The molecule has 2 aromatic rings. The van der Waals surface area contributed by atoms with Crippen molar-refractivity contribution in [3.05, 3.63) is 53.9 Å². The predicted molar refractivity (Wildman–Crippen MR) is 128 cm³/mol. The van der Waals surface area contributed by atoms with Crippen molar-refractivity contribution in [2.24, 2.45) is 11.8 Å². The number of nitrogens with zero attached hydrogens (tertiary/aromatic N) is 1. The molecule has 4 atom stereocenters. The molecule has 9 nitrogen and oxygen atoms in total. The summed E-state index contributed by atoms with van der Waals surface area (Å²) in [6.45, 7) is 6.64. The number of amides is 1. The van der Waals surface area contributed by atoms with Crippen LogP contribution in [0.15, 0.2) is 42.6 Å². The summed E-state index contributed by atoms with van der Waals surface area (Å²) in [4.78, 5) is 29.7. The third kappa shape index (κ3) is 7.16. The number of carbonyl (C=O) groups is 2. The first-order chi connectivity index (χ1) is 16.8. The molecule has 2 heterocycles. The van der Waals surface area contributed by atoms with E-state index >= 15 is 0 Å². The standard InChI is InChI=1S/C26H34N2O7/c1-16(2)13-34-22-15-33-14-20(28-25(30)23-24(29)21(32-4)10-11-27-23)26(31)35-17(3)19(22)12-18-8-6-5-7-9-18/h5-11,16-17,19-20,22,29H,12-15H2,1-4H3,(H,28,30). The Hall–Kier alpha value is -3.17. The molecule has 1 aromatic carbocycles. The van der Waals surface area contributed by atoms with Gasteiger partial charge >= 0.3 is 5.97 Å². The molecular weight excluding hydrogens is 452 g/mol. The summed E-state index contributed by atoms with van der Waals surface area (Å²) in [6, 6.07) is 10.3. The summed E-state index contributed by atoms with van der Waals surface area (Å²) >= 11 is 0. The molecule has 0 aliphatic carbocycles. The van der Waals surface area contributed by atoms with Crippen molar-refractivity contribution in [1.82, 2.24) is 10.3 Å². The molecule has 2 N–H and O–H groups in total. The number of cyclic esters (lactones) is 1. The number of benzene rings is 1. The van der Waals surface area contributed by atoms with Gasteiger partial charge in [-0.2, -0.15) is 0 Å². The lowest BCUT2D eigenvalue weighted by Crippen LogP contribution is -2.46. The quantitative estimate of drug-likeness (QED) is 0.547. The van der Waals surface area contributed by atoms with E-state index in [2.05, 4.69) is 24.1 Å². The van der Waals surface area contributed by atoms with Gasteiger partial charge in [0.05, 0.1) is 26.4 Å². The van der Waals surface area contributed by atoms with Gasteiger partial charge in [0.2, 0.25) is 0 Å². The van der Waals surface area contributed by atoms with Crippen LogP contribution in [0.4, 0.5) is 0 Å². The highest BCUT2D eigenvalue weighted by molar-refractivity contribution is 5.98. The van der Waals surface area contributed by atoms with Gasteiger partial charge in [-0.3, -0.25) is 4.79 Å². The maximum atomic E-state index is 13.0. The Morgan fingerprint density at radius 3 is 2.66 bits per heavy atom. The zero-order valence-electron chi connectivity index (χ0n) is 20.6. The molecule has 35 heavy (non-hydrogen) atoms. The van der Waals surface area contributed by atoms with Crippen molar-refractivity contribution >= 4 is 11.9 Å². The Labute approximate surface area is 205 Å². The van der Waals surface area contributed by atoms with Crippen LogP contribution in [0.5, 0.6) is 11.5 Å². The molecule has 190 valence electrons. The fraction of sp³-hybridized carbons (Fsp3) is 0.500. The third-order valence-corrected chi connectivity index (χ3v) is 5.82. The van der Waals surface area contributed by atoms with Gasteiger partial charge in [-0.25, -0.2) is 9.78 Å². The molecule has 4 unspecified atom stereocenters. The number of aromatic nitrogens is 1. The SMILES string of the molecule is COc1ccnc(C(=O)NC2COCC(OCC(C)C)C(Cc3ccccc3)C(C)OC2=O)c1O. The average Bonchev–Trinajstić information content (AvgIpc) is 2.88. The van der Waals surface area contributed by atoms with Crippen LogP contribution in [0.3, 0.4) is 0 Å². The molecule has 0 spiro atoms. The van der Waals surface area contributed by atoms with E-state index in [1.807, 2.05) is 37.3 Å². The molecule has 3 rings (SSSR count). The average molecular weight is 487 g/mol. The zero-order chi connectivity index (χ0) is 25.4. The van der Waals surface area contributed by atoms with E-state index in [0.29, 0.717) is 18.9 Å². The van der Waals surface area contributed by atoms with Crippen LogP contribution in [0.1, 0.15) is 36.8 Å². The van der Waals surface area contributed by atoms with Crippen LogP contribution in [0, 0.1) is 11.8 Å². The summed E-state index contributed by atoms with van der Waals surface area (Å²) in [5, 5.41) is 12.8. The number of aromatic hydroxyl groups is 1. The van der Waals surface area contributed by atoms with E-state index in [9.17, 15) is 14.7 Å². The molecule has 0 saturated carbocycles. The number of esters is 1. The van der Waals surface area contributed by atoms with Gasteiger partial charge in [0.15, 0.2) is 23.2 Å². The van der Waals surface area contributed by atoms with E-state index in [4.69, 9.17) is 18.9 Å². The highest BCUT2D eigenvalue weighted by atomic mass is 16.6.